The van der Waals surface area contributed by atoms with Gasteiger partial charge in [0.1, 0.15) is 0 Å². The summed E-state index contributed by atoms with van der Waals surface area (Å²) in [5.74, 6) is 0. The Hall–Kier alpha value is -1.08. The van der Waals surface area contributed by atoms with Gasteiger partial charge in [-0.25, -0.2) is 0 Å². The van der Waals surface area contributed by atoms with Crippen LogP contribution in [0.25, 0.3) is 0 Å². The smallest absolute Gasteiger partial charge is 0.0720 e. The van der Waals surface area contributed by atoms with Gasteiger partial charge in [-0.1, -0.05) is 42.5 Å². The second-order valence-corrected chi connectivity index (χ2v) is 3.91. The van der Waals surface area contributed by atoms with Gasteiger partial charge in [0.05, 0.1) is 12.7 Å². The molecular formula is C13H16O. The molecule has 1 aromatic carbocycles. The van der Waals surface area contributed by atoms with E-state index in [4.69, 9.17) is 4.74 Å². The predicted octanol–water partition coefficient (Wildman–Crippen LogP) is 3.31. The van der Waals surface area contributed by atoms with E-state index in [0.717, 1.165) is 25.9 Å². The topological polar surface area (TPSA) is 9.23 Å². The monoisotopic (exact) mass is 188 g/mol. The highest BCUT2D eigenvalue weighted by Gasteiger charge is 2.17. The highest BCUT2D eigenvalue weighted by Crippen LogP contribution is 2.26. The van der Waals surface area contributed by atoms with Crippen LogP contribution in [0.5, 0.6) is 0 Å². The van der Waals surface area contributed by atoms with E-state index in [2.05, 4.69) is 18.7 Å². The molecule has 0 spiro atoms. The summed E-state index contributed by atoms with van der Waals surface area (Å²) >= 11 is 0. The van der Waals surface area contributed by atoms with Crippen LogP contribution in [0.1, 0.15) is 24.8 Å². The van der Waals surface area contributed by atoms with E-state index in [1.54, 1.807) is 0 Å². The summed E-state index contributed by atoms with van der Waals surface area (Å²) in [4.78, 5) is 0. The van der Waals surface area contributed by atoms with Gasteiger partial charge in [0, 0.05) is 0 Å². The van der Waals surface area contributed by atoms with E-state index in [1.807, 2.05) is 18.2 Å². The molecule has 1 atom stereocenters. The fraction of sp³-hybridized carbons (Fsp3) is 0.385. The highest BCUT2D eigenvalue weighted by molar-refractivity contribution is 5.13. The van der Waals surface area contributed by atoms with Crippen LogP contribution in [-0.4, -0.2) is 6.10 Å². The van der Waals surface area contributed by atoms with Crippen LogP contribution in [0, 0.1) is 0 Å². The minimum Gasteiger partial charge on any atom is -0.373 e. The Balaban J connectivity index is 1.80. The van der Waals surface area contributed by atoms with Crippen molar-refractivity contribution in [3.63, 3.8) is 0 Å². The average Bonchev–Trinajstić information content (AvgIpc) is 2.63. The Kier molecular flexibility index (Phi) is 3.00. The molecule has 0 saturated heterocycles. The second-order valence-electron chi connectivity index (χ2n) is 3.91. The first kappa shape index (κ1) is 9.47. The molecule has 1 saturated carbocycles. The molecule has 0 radical (unpaired) electrons. The molecule has 2 rings (SSSR count). The Morgan fingerprint density at radius 2 is 2.07 bits per heavy atom. The largest absolute Gasteiger partial charge is 0.373 e. The number of benzene rings is 1. The highest BCUT2D eigenvalue weighted by atomic mass is 16.5. The summed E-state index contributed by atoms with van der Waals surface area (Å²) < 4.78 is 5.80. The van der Waals surface area contributed by atoms with Crippen molar-refractivity contribution in [1.82, 2.24) is 0 Å². The summed E-state index contributed by atoms with van der Waals surface area (Å²) in [5, 5.41) is 0. The molecule has 74 valence electrons. The van der Waals surface area contributed by atoms with Crippen molar-refractivity contribution in [1.29, 1.82) is 0 Å². The van der Waals surface area contributed by atoms with Gasteiger partial charge < -0.3 is 4.74 Å². The van der Waals surface area contributed by atoms with Crippen molar-refractivity contribution in [3.8, 4) is 0 Å². The van der Waals surface area contributed by atoms with E-state index in [-0.39, 0.29) is 0 Å². The van der Waals surface area contributed by atoms with Gasteiger partial charge in [0.25, 0.3) is 0 Å². The maximum Gasteiger partial charge on any atom is 0.0720 e. The lowest BCUT2D eigenvalue weighted by molar-refractivity contribution is 0.0475. The lowest BCUT2D eigenvalue weighted by Gasteiger charge is -2.10. The van der Waals surface area contributed by atoms with Gasteiger partial charge in [-0.05, 0) is 24.8 Å². The molecule has 0 amide bonds. The molecule has 0 unspecified atom stereocenters. The Bertz CT molecular complexity index is 302. The quantitative estimate of drug-likeness (QED) is 0.661. The molecule has 1 aliphatic carbocycles. The molecule has 1 aromatic rings. The van der Waals surface area contributed by atoms with Gasteiger partial charge in [0.15, 0.2) is 0 Å². The molecule has 0 bridgehead atoms. The third-order valence-corrected chi connectivity index (χ3v) is 2.66. The van der Waals surface area contributed by atoms with Gasteiger partial charge in [0.2, 0.25) is 0 Å². The molecule has 0 aromatic heterocycles. The van der Waals surface area contributed by atoms with E-state index in [0.29, 0.717) is 6.10 Å². The molecule has 1 aliphatic rings. The van der Waals surface area contributed by atoms with E-state index >= 15 is 0 Å². The van der Waals surface area contributed by atoms with Gasteiger partial charge in [-0.2, -0.15) is 0 Å². The zero-order valence-electron chi connectivity index (χ0n) is 8.41. The van der Waals surface area contributed by atoms with Crippen molar-refractivity contribution in [3.05, 3.63) is 48.0 Å². The van der Waals surface area contributed by atoms with Crippen molar-refractivity contribution < 1.29 is 4.74 Å². The Morgan fingerprint density at radius 3 is 2.71 bits per heavy atom. The summed E-state index contributed by atoms with van der Waals surface area (Å²) in [6, 6.07) is 10.3. The first-order valence-electron chi connectivity index (χ1n) is 5.17. The summed E-state index contributed by atoms with van der Waals surface area (Å²) in [6.07, 6.45) is 3.74. The van der Waals surface area contributed by atoms with E-state index in [1.165, 1.54) is 11.1 Å². The normalized spacial score (nSPS) is 21.4. The number of hydrogen-bond donors (Lipinski definition) is 0. The Labute approximate surface area is 85.4 Å². The van der Waals surface area contributed by atoms with Crippen molar-refractivity contribution in [2.75, 3.05) is 0 Å². The lowest BCUT2D eigenvalue weighted by atomic mass is 10.2. The average molecular weight is 188 g/mol. The van der Waals surface area contributed by atoms with Crippen molar-refractivity contribution in [2.45, 2.75) is 32.0 Å². The second kappa shape index (κ2) is 4.43. The fourth-order valence-electron chi connectivity index (χ4n) is 1.82. The minimum atomic E-state index is 0.405. The Morgan fingerprint density at radius 1 is 1.29 bits per heavy atom. The lowest BCUT2D eigenvalue weighted by Crippen LogP contribution is -2.07. The maximum atomic E-state index is 5.80. The molecule has 1 heteroatoms. The van der Waals surface area contributed by atoms with Crippen LogP contribution in [-0.2, 0) is 11.3 Å². The third-order valence-electron chi connectivity index (χ3n) is 2.66. The maximum absolute atomic E-state index is 5.80. The number of ether oxygens (including phenoxy) is 1. The standard InChI is InChI=1S/C13H16O/c1-11-7-8-13(9-11)14-10-12-5-3-2-4-6-12/h2-6,13H,1,7-10H2/t13-/m0/s1. The SMILES string of the molecule is C=C1CC[C@H](OCc2ccccc2)C1. The van der Waals surface area contributed by atoms with Gasteiger partial charge in [-0.3, -0.25) is 0 Å². The molecule has 14 heavy (non-hydrogen) atoms. The zero-order chi connectivity index (χ0) is 9.80. The summed E-state index contributed by atoms with van der Waals surface area (Å²) in [6.45, 7) is 4.71. The molecule has 1 nitrogen and oxygen atoms in total. The summed E-state index contributed by atoms with van der Waals surface area (Å²) in [7, 11) is 0. The first-order chi connectivity index (χ1) is 6.84. The van der Waals surface area contributed by atoms with Crippen LogP contribution in [0.3, 0.4) is 0 Å². The minimum absolute atomic E-state index is 0.405. The predicted molar refractivity (Wildman–Crippen MR) is 58.0 cm³/mol. The molecular weight excluding hydrogens is 172 g/mol. The first-order valence-corrected chi connectivity index (χ1v) is 5.17. The fourth-order valence-corrected chi connectivity index (χ4v) is 1.82. The van der Waals surface area contributed by atoms with Crippen LogP contribution >= 0.6 is 0 Å². The zero-order valence-corrected chi connectivity index (χ0v) is 8.41. The van der Waals surface area contributed by atoms with Crippen LogP contribution in [0.4, 0.5) is 0 Å². The van der Waals surface area contributed by atoms with Gasteiger partial charge >= 0.3 is 0 Å². The molecule has 1 fully saturated rings. The number of hydrogen-bond acceptors (Lipinski definition) is 1. The van der Waals surface area contributed by atoms with Crippen LogP contribution in [0.15, 0.2) is 42.5 Å². The summed E-state index contributed by atoms with van der Waals surface area (Å²) in [5.41, 5.74) is 2.59. The van der Waals surface area contributed by atoms with Crippen LogP contribution < -0.4 is 0 Å². The molecule has 0 heterocycles. The number of rotatable bonds is 3. The van der Waals surface area contributed by atoms with E-state index < -0.39 is 0 Å². The van der Waals surface area contributed by atoms with Crippen molar-refractivity contribution in [2.24, 2.45) is 0 Å². The van der Waals surface area contributed by atoms with Gasteiger partial charge in [-0.15, -0.1) is 0 Å². The van der Waals surface area contributed by atoms with E-state index in [9.17, 15) is 0 Å². The molecule has 0 N–H and O–H groups in total. The van der Waals surface area contributed by atoms with Crippen molar-refractivity contribution >= 4 is 0 Å². The third kappa shape index (κ3) is 2.46. The molecule has 0 aliphatic heterocycles. The van der Waals surface area contributed by atoms with Crippen LogP contribution in [0.2, 0.25) is 0 Å².